The molecule has 2 N–H and O–H groups in total. The molecule has 0 fully saturated rings. The molecule has 9 heteroatoms. The smallest absolute Gasteiger partial charge is 0.325 e. The van der Waals surface area contributed by atoms with Gasteiger partial charge in [-0.15, -0.1) is 23.5 Å². The molecule has 0 radical (unpaired) electrons. The molecule has 1 atom stereocenters. The predicted molar refractivity (Wildman–Crippen MR) is 101 cm³/mol. The number of para-hydroxylation sites is 1. The second kappa shape index (κ2) is 7.85. The van der Waals surface area contributed by atoms with Crippen molar-refractivity contribution in [3.05, 3.63) is 48.0 Å². The summed E-state index contributed by atoms with van der Waals surface area (Å²) in [4.78, 5) is 26.0. The quantitative estimate of drug-likeness (QED) is 0.704. The largest absolute Gasteiger partial charge is 0.416 e. The normalized spacial score (nSPS) is 16.4. The fourth-order valence-electron chi connectivity index (χ4n) is 2.58. The standard InChI is InChI=1S/C18H15F3N2O2S2/c1-26-13-5-3-2-4-11(13)22-16(24)9-15-17(25)23-12-8-10(18(19,20)21)6-7-14(12)27-15/h2-8,15H,9H2,1H3,(H,22,24)(H,23,25)/t15-/m0/s1. The Morgan fingerprint density at radius 3 is 2.70 bits per heavy atom. The molecule has 1 heterocycles. The number of anilines is 2. The van der Waals surface area contributed by atoms with Gasteiger partial charge in [0.1, 0.15) is 0 Å². The molecule has 4 nitrogen and oxygen atoms in total. The number of rotatable bonds is 4. The lowest BCUT2D eigenvalue weighted by atomic mass is 10.1. The Kier molecular flexibility index (Phi) is 5.71. The van der Waals surface area contributed by atoms with E-state index >= 15 is 0 Å². The first-order valence-electron chi connectivity index (χ1n) is 7.89. The van der Waals surface area contributed by atoms with E-state index in [4.69, 9.17) is 0 Å². The van der Waals surface area contributed by atoms with E-state index in [1.807, 2.05) is 18.4 Å². The van der Waals surface area contributed by atoms with Crippen LogP contribution in [0.25, 0.3) is 0 Å². The summed E-state index contributed by atoms with van der Waals surface area (Å²) in [5.41, 5.74) is -0.0531. The number of carbonyl (C=O) groups excluding carboxylic acids is 2. The molecule has 1 aliphatic heterocycles. The molecule has 2 aromatic carbocycles. The maximum absolute atomic E-state index is 12.8. The summed E-state index contributed by atoms with van der Waals surface area (Å²) in [6, 6.07) is 10.5. The van der Waals surface area contributed by atoms with Crippen LogP contribution in [0.2, 0.25) is 0 Å². The van der Waals surface area contributed by atoms with E-state index in [2.05, 4.69) is 10.6 Å². The Labute approximate surface area is 162 Å². The summed E-state index contributed by atoms with van der Waals surface area (Å²) in [5, 5.41) is 4.54. The van der Waals surface area contributed by atoms with Crippen molar-refractivity contribution in [2.24, 2.45) is 0 Å². The number of halogens is 3. The number of fused-ring (bicyclic) bond motifs is 1. The van der Waals surface area contributed by atoms with E-state index in [1.165, 1.54) is 17.8 Å². The summed E-state index contributed by atoms with van der Waals surface area (Å²) in [7, 11) is 0. The maximum Gasteiger partial charge on any atom is 0.416 e. The summed E-state index contributed by atoms with van der Waals surface area (Å²) in [5.74, 6) is -0.820. The molecule has 2 aromatic rings. The first kappa shape index (κ1) is 19.6. The third-order valence-electron chi connectivity index (χ3n) is 3.88. The fourth-order valence-corrected chi connectivity index (χ4v) is 4.22. The van der Waals surface area contributed by atoms with Crippen LogP contribution in [0.5, 0.6) is 0 Å². The number of hydrogen-bond donors (Lipinski definition) is 2. The summed E-state index contributed by atoms with van der Waals surface area (Å²) in [6.07, 6.45) is -2.67. The van der Waals surface area contributed by atoms with Crippen molar-refractivity contribution in [3.63, 3.8) is 0 Å². The molecule has 1 aliphatic rings. The zero-order valence-electron chi connectivity index (χ0n) is 14.1. The lowest BCUT2D eigenvalue weighted by Gasteiger charge is -2.24. The van der Waals surface area contributed by atoms with Gasteiger partial charge in [0, 0.05) is 16.2 Å². The van der Waals surface area contributed by atoms with Crippen LogP contribution in [0.15, 0.2) is 52.3 Å². The highest BCUT2D eigenvalue weighted by Crippen LogP contribution is 2.40. The minimum Gasteiger partial charge on any atom is -0.325 e. The van der Waals surface area contributed by atoms with Crippen LogP contribution in [-0.2, 0) is 15.8 Å². The van der Waals surface area contributed by atoms with Crippen LogP contribution in [0.3, 0.4) is 0 Å². The van der Waals surface area contributed by atoms with E-state index in [0.717, 1.165) is 28.8 Å². The van der Waals surface area contributed by atoms with E-state index in [-0.39, 0.29) is 18.0 Å². The number of carbonyl (C=O) groups is 2. The number of alkyl halides is 3. The van der Waals surface area contributed by atoms with Gasteiger partial charge >= 0.3 is 6.18 Å². The van der Waals surface area contributed by atoms with Crippen molar-refractivity contribution in [1.29, 1.82) is 0 Å². The molecule has 142 valence electrons. The SMILES string of the molecule is CSc1ccccc1NC(=O)C[C@@H]1Sc2ccc(C(F)(F)F)cc2NC1=O. The van der Waals surface area contributed by atoms with Gasteiger partial charge in [0.05, 0.1) is 22.2 Å². The van der Waals surface area contributed by atoms with Gasteiger partial charge in [-0.3, -0.25) is 9.59 Å². The van der Waals surface area contributed by atoms with E-state index in [0.29, 0.717) is 10.6 Å². The van der Waals surface area contributed by atoms with Gasteiger partial charge in [0.15, 0.2) is 0 Å². The summed E-state index contributed by atoms with van der Waals surface area (Å²) < 4.78 is 38.4. The summed E-state index contributed by atoms with van der Waals surface area (Å²) >= 11 is 2.57. The lowest BCUT2D eigenvalue weighted by molar-refractivity contribution is -0.137. The van der Waals surface area contributed by atoms with Crippen molar-refractivity contribution in [1.82, 2.24) is 0 Å². The molecular formula is C18H15F3N2O2S2. The van der Waals surface area contributed by atoms with Crippen LogP contribution in [0, 0.1) is 0 Å². The Bertz CT molecular complexity index is 887. The van der Waals surface area contributed by atoms with Gasteiger partial charge in [0.25, 0.3) is 0 Å². The van der Waals surface area contributed by atoms with Crippen molar-refractivity contribution in [2.45, 2.75) is 27.6 Å². The van der Waals surface area contributed by atoms with Crippen molar-refractivity contribution in [3.8, 4) is 0 Å². The molecule has 0 unspecified atom stereocenters. The molecule has 3 rings (SSSR count). The Morgan fingerprint density at radius 2 is 2.00 bits per heavy atom. The zero-order chi connectivity index (χ0) is 19.6. The molecular weight excluding hydrogens is 397 g/mol. The van der Waals surface area contributed by atoms with Crippen LogP contribution in [-0.4, -0.2) is 23.3 Å². The summed E-state index contributed by atoms with van der Waals surface area (Å²) in [6.45, 7) is 0. The molecule has 27 heavy (non-hydrogen) atoms. The molecule has 0 bridgehead atoms. The van der Waals surface area contributed by atoms with Crippen LogP contribution in [0.1, 0.15) is 12.0 Å². The van der Waals surface area contributed by atoms with Crippen molar-refractivity contribution in [2.75, 3.05) is 16.9 Å². The number of amides is 2. The average Bonchev–Trinajstić information content (AvgIpc) is 2.61. The highest BCUT2D eigenvalue weighted by atomic mass is 32.2. The maximum atomic E-state index is 12.8. The Hall–Kier alpha value is -2.13. The number of thioether (sulfide) groups is 2. The van der Waals surface area contributed by atoms with Gasteiger partial charge in [-0.25, -0.2) is 0 Å². The highest BCUT2D eigenvalue weighted by Gasteiger charge is 2.34. The first-order chi connectivity index (χ1) is 12.8. The molecule has 0 spiro atoms. The number of nitrogens with one attached hydrogen (secondary N) is 2. The molecule has 0 saturated heterocycles. The molecule has 2 amide bonds. The Balaban J connectivity index is 1.70. The fraction of sp³-hybridized carbons (Fsp3) is 0.222. The van der Waals surface area contributed by atoms with Gasteiger partial charge in [-0.2, -0.15) is 13.2 Å². The van der Waals surface area contributed by atoms with Crippen LogP contribution >= 0.6 is 23.5 Å². The van der Waals surface area contributed by atoms with Gasteiger partial charge in [-0.1, -0.05) is 12.1 Å². The predicted octanol–water partition coefficient (Wildman–Crippen LogP) is 4.87. The highest BCUT2D eigenvalue weighted by molar-refractivity contribution is 8.01. The Morgan fingerprint density at radius 1 is 1.26 bits per heavy atom. The third-order valence-corrected chi connectivity index (χ3v) is 5.95. The zero-order valence-corrected chi connectivity index (χ0v) is 15.7. The number of hydrogen-bond acceptors (Lipinski definition) is 4. The molecule has 0 aliphatic carbocycles. The van der Waals surface area contributed by atoms with E-state index in [9.17, 15) is 22.8 Å². The minimum atomic E-state index is -4.48. The van der Waals surface area contributed by atoms with E-state index < -0.39 is 22.9 Å². The van der Waals surface area contributed by atoms with E-state index in [1.54, 1.807) is 12.1 Å². The number of benzene rings is 2. The van der Waals surface area contributed by atoms with Gasteiger partial charge in [0.2, 0.25) is 11.8 Å². The van der Waals surface area contributed by atoms with Crippen molar-refractivity contribution >= 4 is 46.7 Å². The first-order valence-corrected chi connectivity index (χ1v) is 10.00. The van der Waals surface area contributed by atoms with Crippen molar-refractivity contribution < 1.29 is 22.8 Å². The minimum absolute atomic E-state index is 0.0837. The average molecular weight is 412 g/mol. The van der Waals surface area contributed by atoms with Gasteiger partial charge in [-0.05, 0) is 36.6 Å². The topological polar surface area (TPSA) is 58.2 Å². The second-order valence-electron chi connectivity index (χ2n) is 5.76. The second-order valence-corrected chi connectivity index (χ2v) is 7.85. The lowest BCUT2D eigenvalue weighted by Crippen LogP contribution is -2.32. The molecule has 0 aromatic heterocycles. The monoisotopic (exact) mass is 412 g/mol. The van der Waals surface area contributed by atoms with Gasteiger partial charge < -0.3 is 10.6 Å². The van der Waals surface area contributed by atoms with Crippen LogP contribution < -0.4 is 10.6 Å². The van der Waals surface area contributed by atoms with Crippen LogP contribution in [0.4, 0.5) is 24.5 Å². The molecule has 0 saturated carbocycles. The third kappa shape index (κ3) is 4.59.